The van der Waals surface area contributed by atoms with E-state index < -0.39 is 24.2 Å². The third-order valence-corrected chi connectivity index (χ3v) is 5.79. The van der Waals surface area contributed by atoms with Crippen LogP contribution in [0.25, 0.3) is 0 Å². The Morgan fingerprint density at radius 3 is 2.38 bits per heavy atom. The summed E-state index contributed by atoms with van der Waals surface area (Å²) in [5.41, 5.74) is 0.664. The molecular formula is C22H19Cl2F3N4O3. The second-order valence-corrected chi connectivity index (χ2v) is 8.45. The number of fused-ring (bicyclic) bond motifs is 1. The minimum absolute atomic E-state index is 0.0580. The molecule has 0 fully saturated rings. The Balaban J connectivity index is 1.65. The van der Waals surface area contributed by atoms with Crippen molar-refractivity contribution in [1.29, 1.82) is 0 Å². The molecule has 12 heteroatoms. The molecule has 7 nitrogen and oxygen atoms in total. The fraction of sp³-hybridized carbons (Fsp3) is 0.273. The van der Waals surface area contributed by atoms with Gasteiger partial charge in [-0.3, -0.25) is 4.79 Å². The Kier molecular flexibility index (Phi) is 6.55. The number of hydrogen-bond donors (Lipinski definition) is 2. The van der Waals surface area contributed by atoms with Gasteiger partial charge >= 0.3 is 6.18 Å². The van der Waals surface area contributed by atoms with Gasteiger partial charge < -0.3 is 20.1 Å². The maximum Gasteiger partial charge on any atom is 0.410 e. The highest BCUT2D eigenvalue weighted by molar-refractivity contribution is 6.35. The molecule has 1 aromatic heterocycles. The quantitative estimate of drug-likeness (QED) is 0.428. The van der Waals surface area contributed by atoms with E-state index in [1.165, 1.54) is 38.5 Å². The van der Waals surface area contributed by atoms with Crippen LogP contribution in [-0.4, -0.2) is 36.1 Å². The van der Waals surface area contributed by atoms with Crippen LogP contribution < -0.4 is 20.1 Å². The number of halogens is 5. The van der Waals surface area contributed by atoms with Gasteiger partial charge in [0.15, 0.2) is 23.2 Å². The zero-order valence-corrected chi connectivity index (χ0v) is 19.4. The Labute approximate surface area is 202 Å². The molecule has 180 valence electrons. The van der Waals surface area contributed by atoms with Crippen LogP contribution in [0.3, 0.4) is 0 Å². The number of hydrogen-bond acceptors (Lipinski definition) is 5. The highest BCUT2D eigenvalue weighted by Gasteiger charge is 2.47. The third kappa shape index (κ3) is 4.88. The number of rotatable bonds is 5. The Morgan fingerprint density at radius 2 is 1.76 bits per heavy atom. The first kappa shape index (κ1) is 24.0. The van der Waals surface area contributed by atoms with Gasteiger partial charge in [-0.2, -0.15) is 18.3 Å². The van der Waals surface area contributed by atoms with Crippen molar-refractivity contribution in [2.45, 2.75) is 24.7 Å². The molecule has 0 bridgehead atoms. The van der Waals surface area contributed by atoms with Crippen molar-refractivity contribution in [2.24, 2.45) is 0 Å². The Bertz CT molecular complexity index is 1210. The fourth-order valence-corrected chi connectivity index (χ4v) is 4.32. The van der Waals surface area contributed by atoms with E-state index in [1.54, 1.807) is 18.2 Å². The molecule has 2 N–H and O–H groups in total. The summed E-state index contributed by atoms with van der Waals surface area (Å²) in [6, 6.07) is 7.94. The van der Waals surface area contributed by atoms with E-state index in [2.05, 4.69) is 15.7 Å². The molecule has 1 aliphatic rings. The van der Waals surface area contributed by atoms with Gasteiger partial charge in [0.05, 0.1) is 20.3 Å². The monoisotopic (exact) mass is 514 g/mol. The van der Waals surface area contributed by atoms with Crippen LogP contribution in [0, 0.1) is 0 Å². The molecule has 34 heavy (non-hydrogen) atoms. The van der Waals surface area contributed by atoms with Crippen molar-refractivity contribution in [2.75, 3.05) is 24.9 Å². The molecule has 0 saturated heterocycles. The molecule has 0 radical (unpaired) electrons. The average molecular weight is 515 g/mol. The molecule has 0 unspecified atom stereocenters. The first-order valence-electron chi connectivity index (χ1n) is 10.0. The summed E-state index contributed by atoms with van der Waals surface area (Å²) in [6.07, 6.45) is -4.93. The SMILES string of the molecule is COc1ccc([C@H]2C[C@@H](C(F)(F)F)n3nc(C(=O)Nc4cc(Cl)cc(Cl)c4)cc3N2)cc1OC. The van der Waals surface area contributed by atoms with Crippen molar-refractivity contribution in [1.82, 2.24) is 9.78 Å². The molecule has 0 saturated carbocycles. The van der Waals surface area contributed by atoms with Gasteiger partial charge in [-0.05, 0) is 35.9 Å². The summed E-state index contributed by atoms with van der Waals surface area (Å²) < 4.78 is 53.1. The number of carbonyl (C=O) groups is 1. The van der Waals surface area contributed by atoms with Crippen LogP contribution in [0.2, 0.25) is 10.0 Å². The van der Waals surface area contributed by atoms with Crippen molar-refractivity contribution < 1.29 is 27.4 Å². The Morgan fingerprint density at radius 1 is 1.09 bits per heavy atom. The van der Waals surface area contributed by atoms with E-state index in [-0.39, 0.29) is 23.6 Å². The maximum atomic E-state index is 14.0. The average Bonchev–Trinajstić information content (AvgIpc) is 3.20. The lowest BCUT2D eigenvalue weighted by Crippen LogP contribution is -2.35. The molecule has 1 aliphatic heterocycles. The van der Waals surface area contributed by atoms with Gasteiger partial charge in [0, 0.05) is 28.2 Å². The van der Waals surface area contributed by atoms with Gasteiger partial charge in [-0.1, -0.05) is 29.3 Å². The van der Waals surface area contributed by atoms with E-state index in [0.717, 1.165) is 4.68 Å². The number of amides is 1. The summed E-state index contributed by atoms with van der Waals surface area (Å²) in [6.45, 7) is 0. The van der Waals surface area contributed by atoms with Gasteiger partial charge in [0.25, 0.3) is 5.91 Å². The summed E-state index contributed by atoms with van der Waals surface area (Å²) >= 11 is 11.9. The minimum Gasteiger partial charge on any atom is -0.493 e. The van der Waals surface area contributed by atoms with Crippen LogP contribution in [0.4, 0.5) is 24.7 Å². The summed E-state index contributed by atoms with van der Waals surface area (Å²) in [4.78, 5) is 12.7. The standard InChI is InChI=1S/C22H19Cl2F3N4O3/c1-33-17-4-3-11(5-18(17)34-2)15-9-19(22(25,26)27)31-20(29-15)10-16(30-31)21(32)28-14-7-12(23)6-13(24)8-14/h3-8,10,15,19,29H,9H2,1-2H3,(H,28,32)/t15-,19+/m1/s1. The summed E-state index contributed by atoms with van der Waals surface area (Å²) in [5, 5.41) is 10.1. The molecule has 2 aromatic carbocycles. The molecule has 3 aromatic rings. The van der Waals surface area contributed by atoms with Crippen molar-refractivity contribution in [3.8, 4) is 11.5 Å². The Hall–Kier alpha value is -3.11. The minimum atomic E-state index is -4.59. The van der Waals surface area contributed by atoms with Gasteiger partial charge in [-0.15, -0.1) is 0 Å². The van der Waals surface area contributed by atoms with E-state index in [9.17, 15) is 18.0 Å². The zero-order valence-electron chi connectivity index (χ0n) is 17.9. The zero-order chi connectivity index (χ0) is 24.6. The predicted molar refractivity (Wildman–Crippen MR) is 122 cm³/mol. The number of benzene rings is 2. The summed E-state index contributed by atoms with van der Waals surface area (Å²) in [7, 11) is 2.92. The van der Waals surface area contributed by atoms with E-state index >= 15 is 0 Å². The van der Waals surface area contributed by atoms with Crippen molar-refractivity contribution >= 4 is 40.6 Å². The van der Waals surface area contributed by atoms with E-state index in [1.807, 2.05) is 0 Å². The van der Waals surface area contributed by atoms with E-state index in [4.69, 9.17) is 32.7 Å². The fourth-order valence-electron chi connectivity index (χ4n) is 3.79. The normalized spacial score (nSPS) is 17.5. The first-order chi connectivity index (χ1) is 16.1. The van der Waals surface area contributed by atoms with Gasteiger partial charge in [0.1, 0.15) is 5.82 Å². The number of methoxy groups -OCH3 is 2. The highest BCUT2D eigenvalue weighted by Crippen LogP contribution is 2.44. The lowest BCUT2D eigenvalue weighted by Gasteiger charge is -2.33. The smallest absolute Gasteiger partial charge is 0.410 e. The molecular weight excluding hydrogens is 496 g/mol. The highest BCUT2D eigenvalue weighted by atomic mass is 35.5. The first-order valence-corrected chi connectivity index (χ1v) is 10.8. The third-order valence-electron chi connectivity index (χ3n) is 5.35. The number of alkyl halides is 3. The van der Waals surface area contributed by atoms with Crippen LogP contribution in [0.5, 0.6) is 11.5 Å². The molecule has 2 atom stereocenters. The van der Waals surface area contributed by atoms with Crippen LogP contribution in [0.15, 0.2) is 42.5 Å². The number of anilines is 2. The number of nitrogens with zero attached hydrogens (tertiary/aromatic N) is 2. The van der Waals surface area contributed by atoms with Crippen LogP contribution in [-0.2, 0) is 0 Å². The van der Waals surface area contributed by atoms with Crippen LogP contribution >= 0.6 is 23.2 Å². The number of ether oxygens (including phenoxy) is 2. The van der Waals surface area contributed by atoms with E-state index in [0.29, 0.717) is 27.1 Å². The van der Waals surface area contributed by atoms with Crippen molar-refractivity contribution in [3.05, 3.63) is 63.8 Å². The molecule has 4 rings (SSSR count). The second-order valence-electron chi connectivity index (χ2n) is 7.58. The lowest BCUT2D eigenvalue weighted by molar-refractivity contribution is -0.173. The largest absolute Gasteiger partial charge is 0.493 e. The molecule has 1 amide bonds. The maximum absolute atomic E-state index is 14.0. The van der Waals surface area contributed by atoms with Crippen molar-refractivity contribution in [3.63, 3.8) is 0 Å². The predicted octanol–water partition coefficient (Wildman–Crippen LogP) is 6.12. The summed E-state index contributed by atoms with van der Waals surface area (Å²) in [5.74, 6) is 0.206. The topological polar surface area (TPSA) is 77.4 Å². The van der Waals surface area contributed by atoms with Gasteiger partial charge in [0.2, 0.25) is 0 Å². The lowest BCUT2D eigenvalue weighted by atomic mass is 9.96. The number of carbonyl (C=O) groups excluding carboxylic acids is 1. The van der Waals surface area contributed by atoms with Gasteiger partial charge in [-0.25, -0.2) is 4.68 Å². The molecule has 0 aliphatic carbocycles. The number of nitrogens with one attached hydrogen (secondary N) is 2. The number of aromatic nitrogens is 2. The second kappa shape index (κ2) is 9.27. The van der Waals surface area contributed by atoms with Crippen LogP contribution in [0.1, 0.15) is 34.6 Å². The molecule has 0 spiro atoms. The molecule has 2 heterocycles.